The lowest BCUT2D eigenvalue weighted by Gasteiger charge is -2.20. The molecule has 12 heteroatoms. The number of amides is 1. The molecule has 0 saturated heterocycles. The van der Waals surface area contributed by atoms with Crippen molar-refractivity contribution in [1.82, 2.24) is 0 Å². The van der Waals surface area contributed by atoms with Crippen LogP contribution >= 0.6 is 11.6 Å². The number of nitrogens with zero attached hydrogens (tertiary/aromatic N) is 1. The zero-order valence-electron chi connectivity index (χ0n) is 24.4. The van der Waals surface area contributed by atoms with E-state index in [0.717, 1.165) is 12.8 Å². The second-order valence-corrected chi connectivity index (χ2v) is 10.3. The number of ether oxygens (including phenoxy) is 3. The van der Waals surface area contributed by atoms with Crippen molar-refractivity contribution < 1.29 is 34.1 Å². The number of anilines is 2. The summed E-state index contributed by atoms with van der Waals surface area (Å²) in [5, 5.41) is 28.1. The van der Waals surface area contributed by atoms with E-state index in [2.05, 4.69) is 15.8 Å². The molecule has 1 amide bonds. The largest absolute Gasteiger partial charge is 0.487 e. The molecular formula is C31H37ClN4O7. The highest BCUT2D eigenvalue weighted by atomic mass is 35.5. The molecule has 11 nitrogen and oxygen atoms in total. The quantitative estimate of drug-likeness (QED) is 0.0382. The maximum atomic E-state index is 13.3. The number of unbranched alkanes of at least 4 members (excludes halogenated alkanes) is 1. The van der Waals surface area contributed by atoms with Crippen molar-refractivity contribution in [2.75, 3.05) is 23.8 Å². The number of benzene rings is 3. The first kappa shape index (κ1) is 33.0. The Morgan fingerprint density at radius 2 is 1.84 bits per heavy atom. The fraction of sp³-hybridized carbons (Fsp3) is 0.323. The molecule has 0 atom stereocenters. The Balaban J connectivity index is 1.86. The number of amidine groups is 1. The van der Waals surface area contributed by atoms with Gasteiger partial charge in [-0.2, -0.15) is 0 Å². The van der Waals surface area contributed by atoms with Gasteiger partial charge in [0, 0.05) is 34.1 Å². The topological polar surface area (TPSA) is 165 Å². The number of carbonyl (C=O) groups is 2. The predicted molar refractivity (Wildman–Crippen MR) is 165 cm³/mol. The third-order valence-corrected chi connectivity index (χ3v) is 6.31. The number of oxime groups is 1. The van der Waals surface area contributed by atoms with Crippen LogP contribution in [0.4, 0.5) is 11.4 Å². The first-order chi connectivity index (χ1) is 20.6. The van der Waals surface area contributed by atoms with E-state index in [1.54, 1.807) is 48.5 Å². The molecule has 230 valence electrons. The maximum absolute atomic E-state index is 13.3. The monoisotopic (exact) mass is 612 g/mol. The van der Waals surface area contributed by atoms with E-state index in [0.29, 0.717) is 51.2 Å². The van der Waals surface area contributed by atoms with Crippen LogP contribution in [0.1, 0.15) is 60.7 Å². The van der Waals surface area contributed by atoms with Gasteiger partial charge in [-0.05, 0) is 80.4 Å². The van der Waals surface area contributed by atoms with Crippen LogP contribution in [0.2, 0.25) is 5.02 Å². The van der Waals surface area contributed by atoms with Crippen molar-refractivity contribution in [2.24, 2.45) is 10.9 Å². The Hall–Kier alpha value is -4.48. The molecule has 0 bridgehead atoms. The molecule has 0 aliphatic heterocycles. The Morgan fingerprint density at radius 1 is 1.09 bits per heavy atom. The number of esters is 1. The van der Waals surface area contributed by atoms with Crippen LogP contribution < -0.4 is 25.8 Å². The normalized spacial score (nSPS) is 11.3. The predicted octanol–water partition coefficient (Wildman–Crippen LogP) is 5.30. The van der Waals surface area contributed by atoms with Gasteiger partial charge in [0.05, 0.1) is 24.9 Å². The first-order valence-corrected chi connectivity index (χ1v) is 14.2. The van der Waals surface area contributed by atoms with Gasteiger partial charge in [0.25, 0.3) is 5.91 Å². The van der Waals surface area contributed by atoms with Gasteiger partial charge in [-0.15, -0.1) is 0 Å². The van der Waals surface area contributed by atoms with Gasteiger partial charge in [0.2, 0.25) is 0 Å². The van der Waals surface area contributed by atoms with Gasteiger partial charge in [-0.25, -0.2) is 4.79 Å². The molecule has 3 rings (SSSR count). The number of aliphatic hydroxyl groups excluding tert-OH is 1. The zero-order chi connectivity index (χ0) is 31.4. The third-order valence-electron chi connectivity index (χ3n) is 6.07. The van der Waals surface area contributed by atoms with Crippen LogP contribution in [0.25, 0.3) is 0 Å². The summed E-state index contributed by atoms with van der Waals surface area (Å²) in [7, 11) is 0. The number of rotatable bonds is 15. The van der Waals surface area contributed by atoms with Crippen LogP contribution in [0.5, 0.6) is 11.5 Å². The van der Waals surface area contributed by atoms with Crippen LogP contribution in [-0.2, 0) is 22.7 Å². The molecule has 0 fully saturated rings. The second kappa shape index (κ2) is 16.2. The van der Waals surface area contributed by atoms with Crippen LogP contribution in [0, 0.1) is 0 Å². The minimum absolute atomic E-state index is 0.0526. The van der Waals surface area contributed by atoms with E-state index in [-0.39, 0.29) is 37.3 Å². The standard InChI is InChI=1S/C31H37ClN4O7/c1-4-5-12-41-28(38)18-42-29-22(13-20(17-37)14-27(29)43-19(2)3)16-34-26-11-8-23(32)15-25(26)31(39)35-24-9-6-21(7-10-24)30(33)36-40/h6-11,13-15,19,34,37,40H,4-5,12,16-18H2,1-3H3,(H2,33,36)(H,35,39). The number of carbonyl (C=O) groups excluding carboxylic acids is 2. The van der Waals surface area contributed by atoms with Crippen molar-refractivity contribution >= 4 is 40.7 Å². The summed E-state index contributed by atoms with van der Waals surface area (Å²) in [6.07, 6.45) is 1.44. The van der Waals surface area contributed by atoms with Gasteiger partial charge in [-0.3, -0.25) is 4.79 Å². The minimum atomic E-state index is -0.509. The molecule has 0 saturated carbocycles. The average Bonchev–Trinajstić information content (AvgIpc) is 2.99. The van der Waals surface area contributed by atoms with Crippen LogP contribution in [-0.4, -0.2) is 47.3 Å². The summed E-state index contributed by atoms with van der Waals surface area (Å²) in [5.74, 6) is -0.310. The summed E-state index contributed by atoms with van der Waals surface area (Å²) < 4.78 is 17.1. The molecule has 0 radical (unpaired) electrons. The van der Waals surface area contributed by atoms with Crippen molar-refractivity contribution in [3.8, 4) is 11.5 Å². The smallest absolute Gasteiger partial charge is 0.344 e. The highest BCUT2D eigenvalue weighted by Crippen LogP contribution is 2.35. The zero-order valence-corrected chi connectivity index (χ0v) is 25.1. The summed E-state index contributed by atoms with van der Waals surface area (Å²) in [5.41, 5.74) is 8.49. The fourth-order valence-corrected chi connectivity index (χ4v) is 4.16. The van der Waals surface area contributed by atoms with E-state index >= 15 is 0 Å². The van der Waals surface area contributed by atoms with Gasteiger partial charge >= 0.3 is 5.97 Å². The fourth-order valence-electron chi connectivity index (χ4n) is 3.98. The molecule has 0 aromatic heterocycles. The van der Waals surface area contributed by atoms with E-state index in [1.807, 2.05) is 20.8 Å². The number of hydrogen-bond acceptors (Lipinski definition) is 9. The molecule has 0 spiro atoms. The Kier molecular flexibility index (Phi) is 12.5. The molecular weight excluding hydrogens is 576 g/mol. The molecule has 0 aliphatic rings. The summed E-state index contributed by atoms with van der Waals surface area (Å²) in [6, 6.07) is 14.7. The molecule has 0 heterocycles. The van der Waals surface area contributed by atoms with E-state index in [9.17, 15) is 14.7 Å². The maximum Gasteiger partial charge on any atom is 0.344 e. The van der Waals surface area contributed by atoms with E-state index in [1.165, 1.54) is 6.07 Å². The van der Waals surface area contributed by atoms with E-state index in [4.69, 9.17) is 36.8 Å². The Bertz CT molecular complexity index is 1430. The SMILES string of the molecule is CCCCOC(=O)COc1c(CNc2ccc(Cl)cc2C(=O)Nc2ccc(/C(N)=N/O)cc2)cc(CO)cc1OC(C)C. The van der Waals surface area contributed by atoms with Crippen molar-refractivity contribution in [2.45, 2.75) is 52.9 Å². The molecule has 0 aliphatic carbocycles. The highest BCUT2D eigenvalue weighted by Gasteiger charge is 2.19. The summed E-state index contributed by atoms with van der Waals surface area (Å²) >= 11 is 6.24. The van der Waals surface area contributed by atoms with Crippen molar-refractivity contribution in [1.29, 1.82) is 0 Å². The Labute approximate surface area is 255 Å². The molecule has 3 aromatic carbocycles. The van der Waals surface area contributed by atoms with Gasteiger partial charge in [-0.1, -0.05) is 30.1 Å². The van der Waals surface area contributed by atoms with Crippen molar-refractivity contribution in [3.05, 3.63) is 81.9 Å². The number of hydrogen-bond donors (Lipinski definition) is 5. The third kappa shape index (κ3) is 9.79. The lowest BCUT2D eigenvalue weighted by Crippen LogP contribution is -2.18. The number of nitrogens with two attached hydrogens (primary N) is 1. The number of aliphatic hydroxyl groups is 1. The highest BCUT2D eigenvalue weighted by molar-refractivity contribution is 6.31. The van der Waals surface area contributed by atoms with E-state index < -0.39 is 11.9 Å². The molecule has 6 N–H and O–H groups in total. The lowest BCUT2D eigenvalue weighted by atomic mass is 10.1. The van der Waals surface area contributed by atoms with Crippen molar-refractivity contribution in [3.63, 3.8) is 0 Å². The lowest BCUT2D eigenvalue weighted by molar-refractivity contribution is -0.146. The average molecular weight is 613 g/mol. The van der Waals surface area contributed by atoms with Crippen LogP contribution in [0.15, 0.2) is 59.8 Å². The summed E-state index contributed by atoms with van der Waals surface area (Å²) in [6.45, 7) is 5.60. The first-order valence-electron chi connectivity index (χ1n) is 13.8. The summed E-state index contributed by atoms with van der Waals surface area (Å²) in [4.78, 5) is 25.6. The second-order valence-electron chi connectivity index (χ2n) is 9.83. The van der Waals surface area contributed by atoms with Gasteiger partial charge in [0.1, 0.15) is 0 Å². The Morgan fingerprint density at radius 3 is 2.49 bits per heavy atom. The molecule has 43 heavy (non-hydrogen) atoms. The molecule has 0 unspecified atom stereocenters. The number of halogens is 1. The van der Waals surface area contributed by atoms with Crippen LogP contribution in [0.3, 0.4) is 0 Å². The minimum Gasteiger partial charge on any atom is -0.487 e. The van der Waals surface area contributed by atoms with Gasteiger partial charge in [0.15, 0.2) is 23.9 Å². The molecule has 3 aromatic rings. The van der Waals surface area contributed by atoms with Gasteiger partial charge < -0.3 is 40.9 Å². The number of nitrogens with one attached hydrogen (secondary N) is 2.